The molecule has 16 heavy (non-hydrogen) atoms. The van der Waals surface area contributed by atoms with Crippen LogP contribution in [-0.4, -0.2) is 29.4 Å². The zero-order valence-electron chi connectivity index (χ0n) is 8.66. The molecule has 0 fully saturated rings. The molecule has 1 rings (SSSR count). The van der Waals surface area contributed by atoms with E-state index in [1.807, 2.05) is 0 Å². The van der Waals surface area contributed by atoms with Gasteiger partial charge in [0.25, 0.3) is 5.56 Å². The maximum atomic E-state index is 11.0. The summed E-state index contributed by atoms with van der Waals surface area (Å²) >= 11 is 5.64. The van der Waals surface area contributed by atoms with Gasteiger partial charge in [-0.3, -0.25) is 9.59 Å². The smallest absolute Gasteiger partial charge is 0.309 e. The molecule has 0 spiro atoms. The predicted molar refractivity (Wildman–Crippen MR) is 56.6 cm³/mol. The third kappa shape index (κ3) is 3.54. The van der Waals surface area contributed by atoms with Crippen molar-refractivity contribution < 1.29 is 14.3 Å². The minimum atomic E-state index is -0.532. The summed E-state index contributed by atoms with van der Waals surface area (Å²) in [5, 5.41) is 5.58. The number of ether oxygens (including phenoxy) is 2. The molecule has 0 aliphatic heterocycles. The summed E-state index contributed by atoms with van der Waals surface area (Å²) in [6, 6.07) is 0. The molecule has 88 valence electrons. The van der Waals surface area contributed by atoms with Gasteiger partial charge in [0.05, 0.1) is 25.8 Å². The second-order valence-corrected chi connectivity index (χ2v) is 3.16. The fourth-order valence-electron chi connectivity index (χ4n) is 0.945. The zero-order chi connectivity index (χ0) is 12.0. The Hall–Kier alpha value is -1.56. The third-order valence-electron chi connectivity index (χ3n) is 1.63. The molecule has 0 saturated heterocycles. The van der Waals surface area contributed by atoms with E-state index in [1.54, 1.807) is 6.92 Å². The van der Waals surface area contributed by atoms with Gasteiger partial charge in [0, 0.05) is 0 Å². The van der Waals surface area contributed by atoms with E-state index in [9.17, 15) is 9.59 Å². The molecule has 1 aromatic heterocycles. The molecule has 0 aliphatic carbocycles. The van der Waals surface area contributed by atoms with Crippen LogP contribution in [0.4, 0.5) is 0 Å². The lowest BCUT2D eigenvalue weighted by Gasteiger charge is -2.05. The Morgan fingerprint density at radius 1 is 1.62 bits per heavy atom. The van der Waals surface area contributed by atoms with Crippen LogP contribution in [0, 0.1) is 0 Å². The van der Waals surface area contributed by atoms with E-state index in [1.165, 1.54) is 6.20 Å². The van der Waals surface area contributed by atoms with Crippen LogP contribution in [0.2, 0.25) is 5.02 Å². The van der Waals surface area contributed by atoms with Crippen LogP contribution < -0.4 is 10.3 Å². The highest BCUT2D eigenvalue weighted by atomic mass is 35.5. The van der Waals surface area contributed by atoms with Crippen molar-refractivity contribution in [2.24, 2.45) is 0 Å². The number of hydrogen-bond acceptors (Lipinski definition) is 5. The minimum absolute atomic E-state index is 0.0844. The van der Waals surface area contributed by atoms with Crippen molar-refractivity contribution in [3.8, 4) is 5.75 Å². The van der Waals surface area contributed by atoms with Crippen LogP contribution in [0.1, 0.15) is 13.3 Å². The number of aromatic amines is 1. The van der Waals surface area contributed by atoms with Crippen LogP contribution in [0.15, 0.2) is 11.0 Å². The molecule has 0 unspecified atom stereocenters. The number of nitrogens with one attached hydrogen (secondary N) is 1. The number of hydrogen-bond donors (Lipinski definition) is 1. The first kappa shape index (κ1) is 12.5. The molecule has 0 radical (unpaired) electrons. The van der Waals surface area contributed by atoms with E-state index in [0.29, 0.717) is 6.61 Å². The molecule has 0 aromatic carbocycles. The van der Waals surface area contributed by atoms with E-state index in [4.69, 9.17) is 21.1 Å². The van der Waals surface area contributed by atoms with Gasteiger partial charge in [-0.1, -0.05) is 11.6 Å². The van der Waals surface area contributed by atoms with Crippen LogP contribution in [-0.2, 0) is 9.53 Å². The third-order valence-corrected chi connectivity index (χ3v) is 1.99. The van der Waals surface area contributed by atoms with Gasteiger partial charge in [-0.15, -0.1) is 0 Å². The molecule has 1 N–H and O–H groups in total. The minimum Gasteiger partial charge on any atom is -0.490 e. The second-order valence-electron chi connectivity index (χ2n) is 2.78. The van der Waals surface area contributed by atoms with Crippen molar-refractivity contribution in [2.75, 3.05) is 13.2 Å². The lowest BCUT2D eigenvalue weighted by molar-refractivity contribution is -0.143. The topological polar surface area (TPSA) is 81.3 Å². The Bertz CT molecular complexity index is 418. The monoisotopic (exact) mass is 246 g/mol. The molecule has 7 heteroatoms. The van der Waals surface area contributed by atoms with E-state index in [2.05, 4.69) is 10.2 Å². The molecular formula is C9H11ClN2O4. The molecule has 0 saturated carbocycles. The average Bonchev–Trinajstić information content (AvgIpc) is 2.25. The largest absolute Gasteiger partial charge is 0.490 e. The van der Waals surface area contributed by atoms with Crippen LogP contribution in [0.25, 0.3) is 0 Å². The highest BCUT2D eigenvalue weighted by Gasteiger charge is 2.07. The van der Waals surface area contributed by atoms with Crippen LogP contribution >= 0.6 is 11.6 Å². The first-order valence-corrected chi connectivity index (χ1v) is 5.04. The van der Waals surface area contributed by atoms with Gasteiger partial charge in [-0.2, -0.15) is 5.10 Å². The van der Waals surface area contributed by atoms with Crippen molar-refractivity contribution in [3.05, 3.63) is 21.6 Å². The van der Waals surface area contributed by atoms with Crippen LogP contribution in [0.3, 0.4) is 0 Å². The molecule has 0 bridgehead atoms. The maximum absolute atomic E-state index is 11.0. The SMILES string of the molecule is CCOC(=O)CCOc1cn[nH]c(=O)c1Cl. The Morgan fingerprint density at radius 2 is 2.38 bits per heavy atom. The van der Waals surface area contributed by atoms with E-state index < -0.39 is 5.56 Å². The first-order chi connectivity index (χ1) is 7.65. The van der Waals surface area contributed by atoms with Crippen molar-refractivity contribution >= 4 is 17.6 Å². The number of rotatable bonds is 5. The Labute approximate surface area is 96.5 Å². The molecule has 1 heterocycles. The number of halogens is 1. The molecule has 0 aliphatic rings. The number of carbonyl (C=O) groups is 1. The maximum Gasteiger partial charge on any atom is 0.309 e. The van der Waals surface area contributed by atoms with E-state index in [-0.39, 0.29) is 29.8 Å². The van der Waals surface area contributed by atoms with Crippen molar-refractivity contribution in [1.29, 1.82) is 0 Å². The lowest BCUT2D eigenvalue weighted by atomic mass is 10.4. The summed E-state index contributed by atoms with van der Waals surface area (Å²) in [4.78, 5) is 22.0. The van der Waals surface area contributed by atoms with Gasteiger partial charge < -0.3 is 9.47 Å². The molecular weight excluding hydrogens is 236 g/mol. The summed E-state index contributed by atoms with van der Waals surface area (Å²) in [7, 11) is 0. The van der Waals surface area contributed by atoms with Crippen molar-refractivity contribution in [1.82, 2.24) is 10.2 Å². The predicted octanol–water partition coefficient (Wildman–Crippen LogP) is 0.755. The second kappa shape index (κ2) is 6.12. The van der Waals surface area contributed by atoms with E-state index >= 15 is 0 Å². The van der Waals surface area contributed by atoms with E-state index in [0.717, 1.165) is 0 Å². The molecule has 0 atom stereocenters. The summed E-state index contributed by atoms with van der Waals surface area (Å²) in [5.74, 6) is -0.217. The normalized spacial score (nSPS) is 9.88. The molecule has 6 nitrogen and oxygen atoms in total. The first-order valence-electron chi connectivity index (χ1n) is 4.66. The lowest BCUT2D eigenvalue weighted by Crippen LogP contribution is -2.13. The number of carbonyl (C=O) groups excluding carboxylic acids is 1. The fraction of sp³-hybridized carbons (Fsp3) is 0.444. The molecule has 0 amide bonds. The van der Waals surface area contributed by atoms with Gasteiger partial charge in [0.2, 0.25) is 0 Å². The highest BCUT2D eigenvalue weighted by Crippen LogP contribution is 2.17. The van der Waals surface area contributed by atoms with Gasteiger partial charge in [-0.25, -0.2) is 5.10 Å². The standard InChI is InChI=1S/C9H11ClN2O4/c1-2-15-7(13)3-4-16-6-5-11-12-9(14)8(6)10/h5H,2-4H2,1H3,(H,12,14). The Balaban J connectivity index is 2.46. The van der Waals surface area contributed by atoms with Gasteiger partial charge in [-0.05, 0) is 6.92 Å². The van der Waals surface area contributed by atoms with Gasteiger partial charge in [0.15, 0.2) is 10.8 Å². The Kier molecular flexibility index (Phi) is 4.78. The summed E-state index contributed by atoms with van der Waals surface area (Å²) < 4.78 is 9.82. The number of nitrogens with zero attached hydrogens (tertiary/aromatic N) is 1. The fourth-order valence-corrected chi connectivity index (χ4v) is 1.09. The van der Waals surface area contributed by atoms with Crippen LogP contribution in [0.5, 0.6) is 5.75 Å². The quantitative estimate of drug-likeness (QED) is 0.776. The summed E-state index contributed by atoms with van der Waals surface area (Å²) in [6.07, 6.45) is 1.37. The average molecular weight is 247 g/mol. The van der Waals surface area contributed by atoms with Crippen molar-refractivity contribution in [2.45, 2.75) is 13.3 Å². The zero-order valence-corrected chi connectivity index (χ0v) is 9.41. The number of esters is 1. The number of H-pyrrole nitrogens is 1. The highest BCUT2D eigenvalue weighted by molar-refractivity contribution is 6.31. The Morgan fingerprint density at radius 3 is 3.06 bits per heavy atom. The van der Waals surface area contributed by atoms with Crippen molar-refractivity contribution in [3.63, 3.8) is 0 Å². The molecule has 1 aromatic rings. The van der Waals surface area contributed by atoms with Gasteiger partial charge in [0.1, 0.15) is 0 Å². The summed E-state index contributed by atoms with van der Waals surface area (Å²) in [6.45, 7) is 2.13. The number of aromatic nitrogens is 2. The van der Waals surface area contributed by atoms with Gasteiger partial charge >= 0.3 is 5.97 Å². The summed E-state index contributed by atoms with van der Waals surface area (Å²) in [5.41, 5.74) is -0.532.